The number of nitrogens with zero attached hydrogens (tertiary/aromatic N) is 2. The van der Waals surface area contributed by atoms with Crippen molar-refractivity contribution >= 4 is 11.7 Å². The van der Waals surface area contributed by atoms with Crippen LogP contribution in [0.3, 0.4) is 0 Å². The van der Waals surface area contributed by atoms with E-state index in [0.29, 0.717) is 13.1 Å². The Morgan fingerprint density at radius 1 is 1.29 bits per heavy atom. The summed E-state index contributed by atoms with van der Waals surface area (Å²) in [6.45, 7) is 6.26. The van der Waals surface area contributed by atoms with E-state index < -0.39 is 5.60 Å². The molecule has 0 spiro atoms. The van der Waals surface area contributed by atoms with Crippen molar-refractivity contribution in [1.29, 1.82) is 0 Å². The van der Waals surface area contributed by atoms with Crippen molar-refractivity contribution in [2.45, 2.75) is 32.4 Å². The van der Waals surface area contributed by atoms with Crippen LogP contribution in [0.15, 0.2) is 30.3 Å². The van der Waals surface area contributed by atoms with Crippen molar-refractivity contribution in [3.63, 3.8) is 0 Å². The van der Waals surface area contributed by atoms with Crippen LogP contribution in [0.1, 0.15) is 20.8 Å². The zero-order valence-electron chi connectivity index (χ0n) is 13.6. The van der Waals surface area contributed by atoms with Gasteiger partial charge in [0.05, 0.1) is 12.1 Å². The number of urea groups is 1. The Labute approximate surface area is 127 Å². The SMILES string of the molecule is CC(CNC(=O)N(C)CC(C)(C)O)N(C)c1ccccc1. The Balaban J connectivity index is 2.45. The van der Waals surface area contributed by atoms with E-state index in [1.807, 2.05) is 37.4 Å². The fourth-order valence-electron chi connectivity index (χ4n) is 2.08. The second kappa shape index (κ2) is 7.31. The lowest BCUT2D eigenvalue weighted by molar-refractivity contribution is 0.0532. The van der Waals surface area contributed by atoms with Gasteiger partial charge in [-0.3, -0.25) is 0 Å². The second-order valence-electron chi connectivity index (χ2n) is 6.15. The number of hydrogen-bond acceptors (Lipinski definition) is 3. The topological polar surface area (TPSA) is 55.8 Å². The molecule has 21 heavy (non-hydrogen) atoms. The van der Waals surface area contributed by atoms with Gasteiger partial charge in [0.1, 0.15) is 0 Å². The number of hydrogen-bond donors (Lipinski definition) is 2. The summed E-state index contributed by atoms with van der Waals surface area (Å²) in [5.74, 6) is 0. The quantitative estimate of drug-likeness (QED) is 0.842. The molecule has 0 heterocycles. The van der Waals surface area contributed by atoms with Gasteiger partial charge in [-0.1, -0.05) is 18.2 Å². The highest BCUT2D eigenvalue weighted by Crippen LogP contribution is 2.13. The van der Waals surface area contributed by atoms with Crippen LogP contribution in [0.5, 0.6) is 0 Å². The fraction of sp³-hybridized carbons (Fsp3) is 0.562. The standard InChI is InChI=1S/C16H27N3O2/c1-13(19(5)14-9-7-6-8-10-14)11-17-15(20)18(4)12-16(2,3)21/h6-10,13,21H,11-12H2,1-5H3,(H,17,20). The van der Waals surface area contributed by atoms with Crippen LogP contribution in [-0.2, 0) is 0 Å². The van der Waals surface area contributed by atoms with E-state index in [1.165, 1.54) is 4.90 Å². The Kier molecular flexibility index (Phi) is 6.03. The Morgan fingerprint density at radius 3 is 2.38 bits per heavy atom. The fourth-order valence-corrected chi connectivity index (χ4v) is 2.08. The number of likely N-dealkylation sites (N-methyl/N-ethyl adjacent to an activating group) is 2. The lowest BCUT2D eigenvalue weighted by Gasteiger charge is -2.29. The number of carbonyl (C=O) groups is 1. The van der Waals surface area contributed by atoms with Crippen LogP contribution in [0.25, 0.3) is 0 Å². The molecule has 0 aliphatic heterocycles. The first-order valence-electron chi connectivity index (χ1n) is 7.20. The minimum Gasteiger partial charge on any atom is -0.389 e. The van der Waals surface area contributed by atoms with Gasteiger partial charge in [0.2, 0.25) is 0 Å². The highest BCUT2D eigenvalue weighted by atomic mass is 16.3. The number of rotatable bonds is 6. The molecule has 0 aromatic heterocycles. The van der Waals surface area contributed by atoms with Crippen molar-refractivity contribution in [3.05, 3.63) is 30.3 Å². The van der Waals surface area contributed by atoms with E-state index in [-0.39, 0.29) is 12.1 Å². The number of benzene rings is 1. The molecule has 2 amide bonds. The molecule has 0 aliphatic carbocycles. The van der Waals surface area contributed by atoms with Gasteiger partial charge in [-0.25, -0.2) is 4.79 Å². The van der Waals surface area contributed by atoms with Gasteiger partial charge in [-0.05, 0) is 32.9 Å². The summed E-state index contributed by atoms with van der Waals surface area (Å²) in [7, 11) is 3.69. The first kappa shape index (κ1) is 17.3. The van der Waals surface area contributed by atoms with Crippen molar-refractivity contribution in [3.8, 4) is 0 Å². The molecule has 0 fully saturated rings. The Morgan fingerprint density at radius 2 is 1.86 bits per heavy atom. The number of para-hydroxylation sites is 1. The van der Waals surface area contributed by atoms with E-state index in [4.69, 9.17) is 0 Å². The van der Waals surface area contributed by atoms with Gasteiger partial charge in [-0.15, -0.1) is 0 Å². The van der Waals surface area contributed by atoms with Crippen molar-refractivity contribution in [1.82, 2.24) is 10.2 Å². The molecule has 0 aliphatic rings. The molecule has 0 radical (unpaired) electrons. The Hall–Kier alpha value is -1.75. The molecule has 1 atom stereocenters. The van der Waals surface area contributed by atoms with Crippen LogP contribution in [0.4, 0.5) is 10.5 Å². The minimum absolute atomic E-state index is 0.173. The number of amides is 2. The first-order valence-corrected chi connectivity index (χ1v) is 7.20. The van der Waals surface area contributed by atoms with E-state index in [0.717, 1.165) is 5.69 Å². The third kappa shape index (κ3) is 6.04. The van der Waals surface area contributed by atoms with E-state index in [2.05, 4.69) is 17.1 Å². The van der Waals surface area contributed by atoms with Crippen LogP contribution in [-0.4, -0.2) is 54.9 Å². The molecule has 1 aromatic rings. The minimum atomic E-state index is -0.890. The maximum absolute atomic E-state index is 12.0. The van der Waals surface area contributed by atoms with Gasteiger partial charge >= 0.3 is 6.03 Å². The van der Waals surface area contributed by atoms with Crippen LogP contribution < -0.4 is 10.2 Å². The maximum atomic E-state index is 12.0. The highest BCUT2D eigenvalue weighted by Gasteiger charge is 2.20. The average molecular weight is 293 g/mol. The van der Waals surface area contributed by atoms with Crippen molar-refractivity contribution in [2.75, 3.05) is 32.1 Å². The molecule has 1 rings (SSSR count). The molecule has 1 aromatic carbocycles. The summed E-state index contributed by atoms with van der Waals surface area (Å²) in [5, 5.41) is 12.6. The van der Waals surface area contributed by atoms with Gasteiger partial charge in [0.15, 0.2) is 0 Å². The summed E-state index contributed by atoms with van der Waals surface area (Å²) in [6, 6.07) is 10.0. The molecular weight excluding hydrogens is 266 g/mol. The lowest BCUT2D eigenvalue weighted by atomic mass is 10.1. The van der Waals surface area contributed by atoms with E-state index >= 15 is 0 Å². The summed E-state index contributed by atoms with van der Waals surface area (Å²) in [6.07, 6.45) is 0. The second-order valence-corrected chi connectivity index (χ2v) is 6.15. The van der Waals surface area contributed by atoms with Crippen LogP contribution in [0.2, 0.25) is 0 Å². The number of aliphatic hydroxyl groups is 1. The monoisotopic (exact) mass is 293 g/mol. The van der Waals surface area contributed by atoms with E-state index in [1.54, 1.807) is 20.9 Å². The average Bonchev–Trinajstić information content (AvgIpc) is 2.42. The van der Waals surface area contributed by atoms with Gasteiger partial charge in [0, 0.05) is 32.4 Å². The van der Waals surface area contributed by atoms with Crippen molar-refractivity contribution in [2.24, 2.45) is 0 Å². The predicted molar refractivity (Wildman–Crippen MR) is 86.6 cm³/mol. The lowest BCUT2D eigenvalue weighted by Crippen LogP contribution is -2.48. The molecule has 0 saturated heterocycles. The zero-order valence-corrected chi connectivity index (χ0v) is 13.6. The summed E-state index contributed by atoms with van der Waals surface area (Å²) >= 11 is 0. The van der Waals surface area contributed by atoms with Crippen LogP contribution >= 0.6 is 0 Å². The number of carbonyl (C=O) groups excluding carboxylic acids is 1. The molecule has 2 N–H and O–H groups in total. The first-order chi connectivity index (χ1) is 9.70. The van der Waals surface area contributed by atoms with Gasteiger partial charge in [-0.2, -0.15) is 0 Å². The highest BCUT2D eigenvalue weighted by molar-refractivity contribution is 5.74. The van der Waals surface area contributed by atoms with Gasteiger partial charge < -0.3 is 20.2 Å². The summed E-state index contributed by atoms with van der Waals surface area (Å²) in [5.41, 5.74) is 0.225. The third-order valence-electron chi connectivity index (χ3n) is 3.34. The summed E-state index contributed by atoms with van der Waals surface area (Å²) < 4.78 is 0. The molecule has 1 unspecified atom stereocenters. The molecular formula is C16H27N3O2. The van der Waals surface area contributed by atoms with E-state index in [9.17, 15) is 9.90 Å². The third-order valence-corrected chi connectivity index (χ3v) is 3.34. The van der Waals surface area contributed by atoms with Gasteiger partial charge in [0.25, 0.3) is 0 Å². The number of nitrogens with one attached hydrogen (secondary N) is 1. The largest absolute Gasteiger partial charge is 0.389 e. The Bertz CT molecular complexity index is 443. The van der Waals surface area contributed by atoms with Crippen LogP contribution in [0, 0.1) is 0 Å². The normalized spacial score (nSPS) is 12.7. The molecule has 5 nitrogen and oxygen atoms in total. The zero-order chi connectivity index (χ0) is 16.0. The number of anilines is 1. The summed E-state index contributed by atoms with van der Waals surface area (Å²) in [4.78, 5) is 15.6. The maximum Gasteiger partial charge on any atom is 0.317 e. The molecule has 5 heteroatoms. The smallest absolute Gasteiger partial charge is 0.317 e. The van der Waals surface area contributed by atoms with Crippen molar-refractivity contribution < 1.29 is 9.90 Å². The molecule has 0 saturated carbocycles. The predicted octanol–water partition coefficient (Wildman–Crippen LogP) is 1.92. The molecule has 118 valence electrons. The molecule has 0 bridgehead atoms.